The molecule has 3 N–H and O–H groups in total. The third kappa shape index (κ3) is 3.42. The van der Waals surface area contributed by atoms with Crippen molar-refractivity contribution in [3.8, 4) is 11.8 Å². The van der Waals surface area contributed by atoms with Crippen molar-refractivity contribution in [3.05, 3.63) is 71.8 Å². The highest BCUT2D eigenvalue weighted by atomic mass is 16.3. The lowest BCUT2D eigenvalue weighted by molar-refractivity contribution is 0.165. The van der Waals surface area contributed by atoms with Gasteiger partial charge < -0.3 is 10.8 Å². The van der Waals surface area contributed by atoms with Gasteiger partial charge in [-0.05, 0) is 17.7 Å². The highest BCUT2D eigenvalue weighted by Crippen LogP contribution is 2.22. The van der Waals surface area contributed by atoms with Gasteiger partial charge in [-0.1, -0.05) is 60.4 Å². The Balaban J connectivity index is 1.93. The molecule has 2 aromatic carbocycles. The van der Waals surface area contributed by atoms with Gasteiger partial charge in [0.05, 0.1) is 18.9 Å². The van der Waals surface area contributed by atoms with E-state index in [-0.39, 0.29) is 18.7 Å². The van der Waals surface area contributed by atoms with Gasteiger partial charge >= 0.3 is 0 Å². The molecule has 4 nitrogen and oxygen atoms in total. The van der Waals surface area contributed by atoms with Gasteiger partial charge in [0.2, 0.25) is 0 Å². The molecular formula is C19H19N3O. The van der Waals surface area contributed by atoms with E-state index in [0.717, 1.165) is 16.8 Å². The van der Waals surface area contributed by atoms with Gasteiger partial charge in [0, 0.05) is 5.56 Å². The van der Waals surface area contributed by atoms with Crippen LogP contribution in [0, 0.1) is 17.8 Å². The number of hydrogen-bond acceptors (Lipinski definition) is 4. The van der Waals surface area contributed by atoms with Crippen molar-refractivity contribution in [1.82, 2.24) is 5.01 Å². The lowest BCUT2D eigenvalue weighted by atomic mass is 9.95. The van der Waals surface area contributed by atoms with Crippen LogP contribution < -0.4 is 5.73 Å². The van der Waals surface area contributed by atoms with E-state index in [1.807, 2.05) is 60.7 Å². The maximum atomic E-state index is 9.19. The molecule has 1 aliphatic heterocycles. The second-order valence-corrected chi connectivity index (χ2v) is 5.34. The fraction of sp³-hybridized carbons (Fsp3) is 0.211. The molecule has 116 valence electrons. The van der Waals surface area contributed by atoms with Crippen molar-refractivity contribution in [1.29, 1.82) is 0 Å². The Morgan fingerprint density at radius 3 is 2.35 bits per heavy atom. The minimum atomic E-state index is -0.353. The molecule has 1 heterocycles. The lowest BCUT2D eigenvalue weighted by Crippen LogP contribution is -2.41. The Hall–Kier alpha value is -2.61. The summed E-state index contributed by atoms with van der Waals surface area (Å²) in [6.07, 6.45) is -0.353. The van der Waals surface area contributed by atoms with Gasteiger partial charge in [-0.25, -0.2) is 0 Å². The summed E-state index contributed by atoms with van der Waals surface area (Å²) in [7, 11) is 0. The van der Waals surface area contributed by atoms with E-state index in [4.69, 9.17) is 5.73 Å². The third-order valence-electron chi connectivity index (χ3n) is 3.76. The van der Waals surface area contributed by atoms with E-state index in [2.05, 4.69) is 16.9 Å². The van der Waals surface area contributed by atoms with E-state index in [9.17, 15) is 5.11 Å². The molecule has 0 aromatic heterocycles. The summed E-state index contributed by atoms with van der Waals surface area (Å²) < 4.78 is 0. The van der Waals surface area contributed by atoms with Crippen molar-refractivity contribution in [2.75, 3.05) is 13.2 Å². The first-order valence-electron chi connectivity index (χ1n) is 7.63. The molecule has 0 amide bonds. The summed E-state index contributed by atoms with van der Waals surface area (Å²) >= 11 is 0. The molecule has 0 saturated carbocycles. The molecule has 0 fully saturated rings. The Morgan fingerprint density at radius 2 is 1.70 bits per heavy atom. The summed E-state index contributed by atoms with van der Waals surface area (Å²) in [4.78, 5) is 0. The van der Waals surface area contributed by atoms with Crippen molar-refractivity contribution >= 4 is 5.71 Å². The van der Waals surface area contributed by atoms with Crippen LogP contribution in [0.3, 0.4) is 0 Å². The maximum absolute atomic E-state index is 9.19. The Bertz CT molecular complexity index is 731. The molecule has 0 saturated heterocycles. The molecule has 0 radical (unpaired) electrons. The zero-order valence-corrected chi connectivity index (χ0v) is 12.8. The van der Waals surface area contributed by atoms with Crippen LogP contribution in [0.25, 0.3) is 0 Å². The molecule has 2 unspecified atom stereocenters. The normalized spacial score (nSPS) is 19.9. The van der Waals surface area contributed by atoms with E-state index >= 15 is 0 Å². The topological polar surface area (TPSA) is 61.8 Å². The largest absolute Gasteiger partial charge is 0.394 e. The number of hydrazone groups is 1. The molecule has 2 atom stereocenters. The molecule has 2 aromatic rings. The first-order valence-corrected chi connectivity index (χ1v) is 7.63. The quantitative estimate of drug-likeness (QED) is 0.848. The Labute approximate surface area is 136 Å². The van der Waals surface area contributed by atoms with Crippen LogP contribution in [0.2, 0.25) is 0 Å². The Morgan fingerprint density at radius 1 is 1.04 bits per heavy atom. The number of nitrogens with zero attached hydrogens (tertiary/aromatic N) is 2. The number of nitrogens with two attached hydrogens (primary N) is 1. The van der Waals surface area contributed by atoms with Crippen LogP contribution in [0.1, 0.15) is 11.1 Å². The van der Waals surface area contributed by atoms with E-state index in [1.54, 1.807) is 5.01 Å². The molecule has 1 aliphatic rings. The highest BCUT2D eigenvalue weighted by Gasteiger charge is 2.33. The van der Waals surface area contributed by atoms with Crippen molar-refractivity contribution in [2.45, 2.75) is 6.17 Å². The summed E-state index contributed by atoms with van der Waals surface area (Å²) in [5.41, 5.74) is 9.12. The number of aliphatic hydroxyl groups is 1. The van der Waals surface area contributed by atoms with Crippen molar-refractivity contribution in [2.24, 2.45) is 16.8 Å². The monoisotopic (exact) mass is 305 g/mol. The van der Waals surface area contributed by atoms with E-state index < -0.39 is 0 Å². The second-order valence-electron chi connectivity index (χ2n) is 5.34. The first kappa shape index (κ1) is 15.3. The number of β-amino-alcohol motifs (C(OH)–C–C–N with tert-alkyl or cyclic N) is 1. The average Bonchev–Trinajstić information content (AvgIpc) is 2.91. The molecular weight excluding hydrogens is 286 g/mol. The SMILES string of the molecule is NC1C(C#Cc2ccccc2)C(c2ccccc2)=NN1CCO. The zero-order valence-electron chi connectivity index (χ0n) is 12.8. The summed E-state index contributed by atoms with van der Waals surface area (Å²) in [6, 6.07) is 19.7. The van der Waals surface area contributed by atoms with Crippen molar-refractivity contribution in [3.63, 3.8) is 0 Å². The number of benzene rings is 2. The average molecular weight is 305 g/mol. The predicted molar refractivity (Wildman–Crippen MR) is 91.6 cm³/mol. The zero-order chi connectivity index (χ0) is 16.1. The smallest absolute Gasteiger partial charge is 0.114 e. The summed E-state index contributed by atoms with van der Waals surface area (Å²) in [5.74, 6) is 6.24. The number of aliphatic hydroxyl groups excluding tert-OH is 1. The van der Waals surface area contributed by atoms with Crippen LogP contribution in [-0.4, -0.2) is 35.1 Å². The minimum Gasteiger partial charge on any atom is -0.394 e. The summed E-state index contributed by atoms with van der Waals surface area (Å²) in [6.45, 7) is 0.416. The van der Waals surface area contributed by atoms with Crippen LogP contribution in [0.5, 0.6) is 0 Å². The fourth-order valence-electron chi connectivity index (χ4n) is 2.59. The van der Waals surface area contributed by atoms with Crippen LogP contribution in [0.15, 0.2) is 65.8 Å². The second kappa shape index (κ2) is 7.10. The highest BCUT2D eigenvalue weighted by molar-refractivity contribution is 6.05. The van der Waals surface area contributed by atoms with Gasteiger partial charge in [-0.2, -0.15) is 5.10 Å². The predicted octanol–water partition coefficient (Wildman–Crippen LogP) is 1.65. The van der Waals surface area contributed by atoms with Gasteiger partial charge in [0.1, 0.15) is 12.1 Å². The summed E-state index contributed by atoms with van der Waals surface area (Å²) in [5, 5.41) is 15.5. The van der Waals surface area contributed by atoms with Crippen molar-refractivity contribution < 1.29 is 5.11 Å². The van der Waals surface area contributed by atoms with E-state index in [1.165, 1.54) is 0 Å². The lowest BCUT2D eigenvalue weighted by Gasteiger charge is -2.20. The molecule has 23 heavy (non-hydrogen) atoms. The molecule has 0 bridgehead atoms. The molecule has 0 spiro atoms. The number of rotatable bonds is 3. The first-order chi connectivity index (χ1) is 11.3. The van der Waals surface area contributed by atoms with Crippen LogP contribution >= 0.6 is 0 Å². The molecule has 4 heteroatoms. The fourth-order valence-corrected chi connectivity index (χ4v) is 2.59. The van der Waals surface area contributed by atoms with Crippen LogP contribution in [-0.2, 0) is 0 Å². The maximum Gasteiger partial charge on any atom is 0.114 e. The molecule has 0 aliphatic carbocycles. The van der Waals surface area contributed by atoms with Gasteiger partial charge in [-0.3, -0.25) is 5.01 Å². The molecule has 3 rings (SSSR count). The Kier molecular flexibility index (Phi) is 4.72. The third-order valence-corrected chi connectivity index (χ3v) is 3.76. The minimum absolute atomic E-state index is 0.0120. The van der Waals surface area contributed by atoms with E-state index in [0.29, 0.717) is 6.54 Å². The van der Waals surface area contributed by atoms with Gasteiger partial charge in [0.15, 0.2) is 0 Å². The van der Waals surface area contributed by atoms with Gasteiger partial charge in [0.25, 0.3) is 0 Å². The van der Waals surface area contributed by atoms with Crippen LogP contribution in [0.4, 0.5) is 0 Å². The van der Waals surface area contributed by atoms with Gasteiger partial charge in [-0.15, -0.1) is 0 Å². The standard InChI is InChI=1S/C19H19N3O/c20-19-17(12-11-15-7-3-1-4-8-15)18(21-22(19)13-14-23)16-9-5-2-6-10-16/h1-10,17,19,23H,13-14,20H2. The number of hydrogen-bond donors (Lipinski definition) is 2.